The summed E-state index contributed by atoms with van der Waals surface area (Å²) in [5.74, 6) is -0.536. The first-order valence-corrected chi connectivity index (χ1v) is 10.3. The first-order chi connectivity index (χ1) is 15.3. The number of nitrogens with two attached hydrogens (primary N) is 1. The number of carbonyl (C=O) groups is 1. The number of hydrogen-bond acceptors (Lipinski definition) is 6. The number of benzene rings is 3. The number of aromatic nitrogens is 1. The number of nitrogens with zero attached hydrogens (tertiary/aromatic N) is 2. The van der Waals surface area contributed by atoms with Gasteiger partial charge in [0.25, 0.3) is 6.01 Å². The lowest BCUT2D eigenvalue weighted by Crippen LogP contribution is -2.37. The molecule has 4 rings (SSSR count). The van der Waals surface area contributed by atoms with Gasteiger partial charge in [0.1, 0.15) is 11.3 Å². The summed E-state index contributed by atoms with van der Waals surface area (Å²) in [5, 5.41) is 9.27. The summed E-state index contributed by atoms with van der Waals surface area (Å²) in [6.07, 6.45) is 0. The van der Waals surface area contributed by atoms with Crippen LogP contribution in [0.2, 0.25) is 0 Å². The van der Waals surface area contributed by atoms with E-state index in [0.717, 1.165) is 16.6 Å². The van der Waals surface area contributed by atoms with Gasteiger partial charge in [-0.25, -0.2) is 4.79 Å². The molecule has 32 heavy (non-hydrogen) atoms. The van der Waals surface area contributed by atoms with Gasteiger partial charge < -0.3 is 24.9 Å². The van der Waals surface area contributed by atoms with Gasteiger partial charge in [-0.2, -0.15) is 4.98 Å². The zero-order valence-electron chi connectivity index (χ0n) is 18.0. The number of anilines is 2. The van der Waals surface area contributed by atoms with Gasteiger partial charge in [0.15, 0.2) is 11.2 Å². The summed E-state index contributed by atoms with van der Waals surface area (Å²) < 4.78 is 11.6. The molecule has 0 saturated heterocycles. The number of hydrogen-bond donors (Lipinski definition) is 2. The Morgan fingerprint density at radius 1 is 1.03 bits per heavy atom. The molecule has 4 aromatic rings. The SMILES string of the molecule is CC(C)(Oc1ccc(CN(Cc2ccccc2N)c2nc3ccccc3o2)cc1)C(=O)O. The topological polar surface area (TPSA) is 102 Å². The van der Waals surface area contributed by atoms with Crippen LogP contribution in [0.25, 0.3) is 11.1 Å². The van der Waals surface area contributed by atoms with E-state index < -0.39 is 11.6 Å². The third-order valence-corrected chi connectivity index (χ3v) is 5.15. The lowest BCUT2D eigenvalue weighted by molar-refractivity contribution is -0.152. The Labute approximate surface area is 186 Å². The van der Waals surface area contributed by atoms with Gasteiger partial charge in [-0.1, -0.05) is 42.5 Å². The molecule has 0 aliphatic rings. The van der Waals surface area contributed by atoms with Gasteiger partial charge in [0.2, 0.25) is 0 Å². The number of rotatable bonds is 8. The van der Waals surface area contributed by atoms with Crippen molar-refractivity contribution in [3.63, 3.8) is 0 Å². The second kappa shape index (κ2) is 8.63. The number of carboxylic acid groups (broad SMARTS) is 1. The van der Waals surface area contributed by atoms with E-state index >= 15 is 0 Å². The number of nitrogen functional groups attached to an aromatic ring is 1. The monoisotopic (exact) mass is 431 g/mol. The molecule has 0 aliphatic heterocycles. The molecule has 0 saturated carbocycles. The molecule has 1 heterocycles. The first-order valence-electron chi connectivity index (χ1n) is 10.3. The lowest BCUT2D eigenvalue weighted by Gasteiger charge is -2.23. The maximum atomic E-state index is 11.3. The fraction of sp³-hybridized carbons (Fsp3) is 0.200. The quantitative estimate of drug-likeness (QED) is 0.384. The molecular weight excluding hydrogens is 406 g/mol. The fourth-order valence-electron chi connectivity index (χ4n) is 3.29. The van der Waals surface area contributed by atoms with E-state index in [4.69, 9.17) is 14.9 Å². The van der Waals surface area contributed by atoms with E-state index in [2.05, 4.69) is 4.98 Å². The maximum Gasteiger partial charge on any atom is 0.347 e. The van der Waals surface area contributed by atoms with Gasteiger partial charge in [0.05, 0.1) is 0 Å². The zero-order valence-corrected chi connectivity index (χ0v) is 18.0. The van der Waals surface area contributed by atoms with Crippen molar-refractivity contribution < 1.29 is 19.1 Å². The summed E-state index contributed by atoms with van der Waals surface area (Å²) in [4.78, 5) is 18.0. The van der Waals surface area contributed by atoms with Crippen molar-refractivity contribution in [3.8, 4) is 5.75 Å². The van der Waals surface area contributed by atoms with E-state index in [1.54, 1.807) is 12.1 Å². The molecule has 0 radical (unpaired) electrons. The van der Waals surface area contributed by atoms with Crippen LogP contribution in [0.3, 0.4) is 0 Å². The third-order valence-electron chi connectivity index (χ3n) is 5.15. The van der Waals surface area contributed by atoms with Crippen LogP contribution in [-0.4, -0.2) is 21.7 Å². The van der Waals surface area contributed by atoms with Crippen molar-refractivity contribution >= 4 is 28.8 Å². The van der Waals surface area contributed by atoms with Crippen molar-refractivity contribution in [3.05, 3.63) is 83.9 Å². The summed E-state index contributed by atoms with van der Waals surface area (Å²) in [7, 11) is 0. The molecule has 0 amide bonds. The zero-order chi connectivity index (χ0) is 22.7. The highest BCUT2D eigenvalue weighted by atomic mass is 16.5. The predicted molar refractivity (Wildman–Crippen MR) is 124 cm³/mol. The number of carboxylic acids is 1. The number of ether oxygens (including phenoxy) is 1. The Morgan fingerprint density at radius 3 is 2.41 bits per heavy atom. The van der Waals surface area contributed by atoms with Crippen LogP contribution in [0.15, 0.2) is 77.2 Å². The number of para-hydroxylation sites is 3. The maximum absolute atomic E-state index is 11.3. The van der Waals surface area contributed by atoms with E-state index in [9.17, 15) is 9.90 Å². The van der Waals surface area contributed by atoms with Crippen LogP contribution in [0.4, 0.5) is 11.7 Å². The number of fused-ring (bicyclic) bond motifs is 1. The molecule has 3 N–H and O–H groups in total. The van der Waals surface area contributed by atoms with Crippen LogP contribution >= 0.6 is 0 Å². The molecule has 0 atom stereocenters. The van der Waals surface area contributed by atoms with Gasteiger partial charge in [0, 0.05) is 18.8 Å². The molecule has 0 bridgehead atoms. The summed E-state index contributed by atoms with van der Waals surface area (Å²) in [6.45, 7) is 4.07. The minimum absolute atomic E-state index is 0.488. The average Bonchev–Trinajstić information content (AvgIpc) is 3.20. The lowest BCUT2D eigenvalue weighted by atomic mass is 10.1. The second-order valence-corrected chi connectivity index (χ2v) is 8.08. The minimum atomic E-state index is -1.31. The van der Waals surface area contributed by atoms with Crippen molar-refractivity contribution in [2.45, 2.75) is 32.5 Å². The minimum Gasteiger partial charge on any atom is -0.478 e. The van der Waals surface area contributed by atoms with Gasteiger partial charge in [-0.15, -0.1) is 0 Å². The van der Waals surface area contributed by atoms with Crippen LogP contribution in [0.1, 0.15) is 25.0 Å². The third kappa shape index (κ3) is 4.67. The molecule has 1 aromatic heterocycles. The van der Waals surface area contributed by atoms with Crippen molar-refractivity contribution in [2.75, 3.05) is 10.6 Å². The highest BCUT2D eigenvalue weighted by molar-refractivity contribution is 5.77. The van der Waals surface area contributed by atoms with Crippen molar-refractivity contribution in [1.29, 1.82) is 0 Å². The molecule has 7 heteroatoms. The smallest absolute Gasteiger partial charge is 0.347 e. The molecule has 164 valence electrons. The van der Waals surface area contributed by atoms with Crippen LogP contribution in [0.5, 0.6) is 5.75 Å². The Morgan fingerprint density at radius 2 is 1.72 bits per heavy atom. The number of oxazole rings is 1. The van der Waals surface area contributed by atoms with Gasteiger partial charge in [-0.3, -0.25) is 0 Å². The highest BCUT2D eigenvalue weighted by Crippen LogP contribution is 2.27. The molecule has 0 aliphatic carbocycles. The summed E-state index contributed by atoms with van der Waals surface area (Å²) in [5.41, 5.74) is 9.03. The molecule has 7 nitrogen and oxygen atoms in total. The largest absolute Gasteiger partial charge is 0.478 e. The Bertz CT molecular complexity index is 1200. The Kier molecular flexibility index (Phi) is 5.73. The summed E-state index contributed by atoms with van der Waals surface area (Å²) in [6, 6.07) is 23.2. The Balaban J connectivity index is 1.60. The van der Waals surface area contributed by atoms with Crippen LogP contribution < -0.4 is 15.4 Å². The molecule has 0 spiro atoms. The molecule has 0 fully saturated rings. The van der Waals surface area contributed by atoms with E-state index in [1.807, 2.05) is 65.6 Å². The van der Waals surface area contributed by atoms with E-state index in [1.165, 1.54) is 13.8 Å². The number of aliphatic carboxylic acids is 1. The van der Waals surface area contributed by atoms with E-state index in [0.29, 0.717) is 36.1 Å². The standard InChI is InChI=1S/C25H25N3O4/c1-25(2,23(29)30)32-19-13-11-17(12-14-19)15-28(16-18-7-3-4-8-20(18)26)24-27-21-9-5-6-10-22(21)31-24/h3-14H,15-16,26H2,1-2H3,(H,29,30). The second-order valence-electron chi connectivity index (χ2n) is 8.08. The predicted octanol–water partition coefficient (Wildman–Crippen LogP) is 4.86. The molecular formula is C25H25N3O4. The highest BCUT2D eigenvalue weighted by Gasteiger charge is 2.29. The first kappa shape index (κ1) is 21.2. The van der Waals surface area contributed by atoms with E-state index in [-0.39, 0.29) is 0 Å². The van der Waals surface area contributed by atoms with Crippen molar-refractivity contribution in [2.24, 2.45) is 0 Å². The van der Waals surface area contributed by atoms with Crippen LogP contribution in [-0.2, 0) is 17.9 Å². The Hall–Kier alpha value is -4.00. The van der Waals surface area contributed by atoms with Gasteiger partial charge >= 0.3 is 5.97 Å². The molecule has 3 aromatic carbocycles. The normalized spacial score (nSPS) is 11.4. The average molecular weight is 431 g/mol. The molecule has 0 unspecified atom stereocenters. The van der Waals surface area contributed by atoms with Crippen molar-refractivity contribution in [1.82, 2.24) is 4.98 Å². The van der Waals surface area contributed by atoms with Crippen LogP contribution in [0, 0.1) is 0 Å². The van der Waals surface area contributed by atoms with Gasteiger partial charge in [-0.05, 0) is 55.3 Å². The summed E-state index contributed by atoms with van der Waals surface area (Å²) >= 11 is 0. The fourth-order valence-corrected chi connectivity index (χ4v) is 3.29.